The predicted octanol–water partition coefficient (Wildman–Crippen LogP) is 3.04. The Labute approximate surface area is 173 Å². The van der Waals surface area contributed by atoms with Crippen LogP contribution in [-0.2, 0) is 11.2 Å². The summed E-state index contributed by atoms with van der Waals surface area (Å²) in [6.45, 7) is 3.44. The van der Waals surface area contributed by atoms with Gasteiger partial charge in [0.1, 0.15) is 5.75 Å². The van der Waals surface area contributed by atoms with E-state index in [1.807, 2.05) is 24.3 Å². The second-order valence-electron chi connectivity index (χ2n) is 6.35. The summed E-state index contributed by atoms with van der Waals surface area (Å²) < 4.78 is 5.21. The molecule has 2 aromatic carbocycles. The Kier molecular flexibility index (Phi) is 6.39. The number of anilines is 3. The van der Waals surface area contributed by atoms with Gasteiger partial charge in [-0.3, -0.25) is 9.59 Å². The first-order valence-electron chi connectivity index (χ1n) is 9.07. The summed E-state index contributed by atoms with van der Waals surface area (Å²) in [5.41, 5.74) is 8.38. The molecule has 0 bridgehead atoms. The lowest BCUT2D eigenvalue weighted by atomic mass is 10.1. The van der Waals surface area contributed by atoms with Crippen LogP contribution in [0.2, 0.25) is 0 Å². The number of ether oxygens (including phenoxy) is 1. The van der Waals surface area contributed by atoms with Crippen LogP contribution in [0.5, 0.6) is 5.75 Å². The third-order valence-electron chi connectivity index (χ3n) is 4.21. The molecule has 0 radical (unpaired) electrons. The van der Waals surface area contributed by atoms with E-state index in [0.717, 1.165) is 11.3 Å². The van der Waals surface area contributed by atoms with E-state index in [-0.39, 0.29) is 11.5 Å². The molecule has 2 amide bonds. The zero-order valence-corrected chi connectivity index (χ0v) is 16.4. The van der Waals surface area contributed by atoms with E-state index in [1.165, 1.54) is 12.3 Å². The van der Waals surface area contributed by atoms with Crippen molar-refractivity contribution < 1.29 is 14.3 Å². The highest BCUT2D eigenvalue weighted by Crippen LogP contribution is 2.21. The first kappa shape index (κ1) is 20.5. The zero-order valence-electron chi connectivity index (χ0n) is 16.4. The normalized spacial score (nSPS) is 10.2. The van der Waals surface area contributed by atoms with Crippen LogP contribution >= 0.6 is 0 Å². The lowest BCUT2D eigenvalue weighted by Gasteiger charge is -2.11. The van der Waals surface area contributed by atoms with E-state index in [4.69, 9.17) is 10.5 Å². The molecule has 152 valence electrons. The van der Waals surface area contributed by atoms with Crippen LogP contribution in [0.15, 0.2) is 67.4 Å². The predicted molar refractivity (Wildman–Crippen MR) is 115 cm³/mol. The van der Waals surface area contributed by atoms with E-state index in [2.05, 4.69) is 27.2 Å². The minimum absolute atomic E-state index is 0.228. The van der Waals surface area contributed by atoms with Gasteiger partial charge in [-0.1, -0.05) is 24.8 Å². The van der Waals surface area contributed by atoms with Gasteiger partial charge in [0.2, 0.25) is 11.9 Å². The summed E-state index contributed by atoms with van der Waals surface area (Å²) in [5, 5.41) is 5.80. The summed E-state index contributed by atoms with van der Waals surface area (Å²) in [6, 6.07) is 14.5. The molecule has 0 fully saturated rings. The number of aromatic nitrogens is 2. The molecule has 0 saturated heterocycles. The second kappa shape index (κ2) is 9.33. The number of benzene rings is 2. The minimum Gasteiger partial charge on any atom is -0.497 e. The van der Waals surface area contributed by atoms with Gasteiger partial charge in [-0.2, -0.15) is 0 Å². The first-order valence-corrected chi connectivity index (χ1v) is 9.07. The Morgan fingerprint density at radius 2 is 1.93 bits per heavy atom. The first-order chi connectivity index (χ1) is 14.5. The molecule has 3 rings (SSSR count). The highest BCUT2D eigenvalue weighted by Gasteiger charge is 2.13. The molecule has 0 aliphatic rings. The Hall–Kier alpha value is -4.20. The van der Waals surface area contributed by atoms with Crippen molar-refractivity contribution in [3.63, 3.8) is 0 Å². The number of primary amides is 1. The van der Waals surface area contributed by atoms with Gasteiger partial charge in [0, 0.05) is 30.1 Å². The lowest BCUT2D eigenvalue weighted by Crippen LogP contribution is -2.16. The number of rotatable bonds is 8. The summed E-state index contributed by atoms with van der Waals surface area (Å²) in [5.74, 6) is 0.0811. The monoisotopic (exact) mass is 403 g/mol. The van der Waals surface area contributed by atoms with E-state index >= 15 is 0 Å². The Morgan fingerprint density at radius 1 is 1.17 bits per heavy atom. The van der Waals surface area contributed by atoms with Gasteiger partial charge in [-0.25, -0.2) is 9.97 Å². The largest absolute Gasteiger partial charge is 0.497 e. The molecule has 0 atom stereocenters. The van der Waals surface area contributed by atoms with Gasteiger partial charge < -0.3 is 21.1 Å². The molecule has 1 heterocycles. The van der Waals surface area contributed by atoms with Crippen molar-refractivity contribution in [2.45, 2.75) is 6.42 Å². The Bertz CT molecular complexity index is 1100. The lowest BCUT2D eigenvalue weighted by molar-refractivity contribution is -0.111. The molecule has 8 heteroatoms. The molecule has 0 saturated carbocycles. The molecular formula is C22H21N5O3. The topological polar surface area (TPSA) is 119 Å². The number of carbonyl (C=O) groups excluding carboxylic acids is 2. The molecule has 30 heavy (non-hydrogen) atoms. The third kappa shape index (κ3) is 5.20. The molecule has 0 aliphatic heterocycles. The van der Waals surface area contributed by atoms with Gasteiger partial charge in [0.15, 0.2) is 0 Å². The number of methoxy groups -OCH3 is 1. The molecular weight excluding hydrogens is 382 g/mol. The fraction of sp³-hybridized carbons (Fsp3) is 0.0909. The van der Waals surface area contributed by atoms with Crippen molar-refractivity contribution in [1.82, 2.24) is 9.97 Å². The van der Waals surface area contributed by atoms with E-state index in [0.29, 0.717) is 29.5 Å². The van der Waals surface area contributed by atoms with Crippen LogP contribution in [0.3, 0.4) is 0 Å². The number of amides is 2. The van der Waals surface area contributed by atoms with Gasteiger partial charge >= 0.3 is 0 Å². The number of nitrogens with zero attached hydrogens (tertiary/aromatic N) is 2. The molecule has 3 aromatic rings. The summed E-state index contributed by atoms with van der Waals surface area (Å²) in [7, 11) is 1.58. The maximum absolute atomic E-state index is 11.9. The van der Waals surface area contributed by atoms with Gasteiger partial charge in [0.05, 0.1) is 18.4 Å². The Balaban J connectivity index is 1.88. The van der Waals surface area contributed by atoms with Gasteiger partial charge in [-0.05, 0) is 35.9 Å². The van der Waals surface area contributed by atoms with Crippen molar-refractivity contribution in [3.05, 3.63) is 84.2 Å². The van der Waals surface area contributed by atoms with Gasteiger partial charge in [-0.15, -0.1) is 0 Å². The Morgan fingerprint density at radius 3 is 2.67 bits per heavy atom. The third-order valence-corrected chi connectivity index (χ3v) is 4.21. The summed E-state index contributed by atoms with van der Waals surface area (Å²) in [6.07, 6.45) is 2.92. The average molecular weight is 403 g/mol. The van der Waals surface area contributed by atoms with Crippen molar-refractivity contribution in [2.75, 3.05) is 17.7 Å². The smallest absolute Gasteiger partial charge is 0.252 e. The highest BCUT2D eigenvalue weighted by molar-refractivity contribution is 5.99. The van der Waals surface area contributed by atoms with E-state index in [9.17, 15) is 9.59 Å². The fourth-order valence-corrected chi connectivity index (χ4v) is 2.79. The van der Waals surface area contributed by atoms with Crippen LogP contribution in [0.4, 0.5) is 17.3 Å². The zero-order chi connectivity index (χ0) is 21.5. The average Bonchev–Trinajstić information content (AvgIpc) is 2.74. The summed E-state index contributed by atoms with van der Waals surface area (Å²) in [4.78, 5) is 32.1. The number of hydrogen-bond donors (Lipinski definition) is 3. The number of carbonyl (C=O) groups is 2. The fourth-order valence-electron chi connectivity index (χ4n) is 2.79. The molecule has 4 N–H and O–H groups in total. The molecule has 1 aromatic heterocycles. The van der Waals surface area contributed by atoms with Crippen LogP contribution in [-0.4, -0.2) is 28.9 Å². The van der Waals surface area contributed by atoms with E-state index < -0.39 is 5.91 Å². The number of nitrogens with one attached hydrogen (secondary N) is 2. The van der Waals surface area contributed by atoms with Crippen molar-refractivity contribution in [1.29, 1.82) is 0 Å². The van der Waals surface area contributed by atoms with E-state index in [1.54, 1.807) is 31.4 Å². The van der Waals surface area contributed by atoms with Crippen LogP contribution < -0.4 is 21.1 Å². The minimum atomic E-state index is -0.617. The maximum Gasteiger partial charge on any atom is 0.252 e. The summed E-state index contributed by atoms with van der Waals surface area (Å²) >= 11 is 0. The van der Waals surface area contributed by atoms with Crippen molar-refractivity contribution in [2.24, 2.45) is 5.73 Å². The molecule has 0 spiro atoms. The van der Waals surface area contributed by atoms with Crippen LogP contribution in [0.25, 0.3) is 0 Å². The molecule has 0 aliphatic carbocycles. The number of nitrogens with two attached hydrogens (primary N) is 1. The number of hydrogen-bond acceptors (Lipinski definition) is 6. The van der Waals surface area contributed by atoms with Crippen LogP contribution in [0.1, 0.15) is 21.6 Å². The van der Waals surface area contributed by atoms with Gasteiger partial charge in [0.25, 0.3) is 5.91 Å². The quantitative estimate of drug-likeness (QED) is 0.497. The van der Waals surface area contributed by atoms with Crippen molar-refractivity contribution in [3.8, 4) is 5.75 Å². The standard InChI is InChI=1S/C22H21N5O3/c1-3-20(28)25-15-7-4-6-14(10-15)11-19-18(21(23)29)13-24-22(27-19)26-16-8-5-9-17(12-16)30-2/h3-10,12-13H,1,11H2,2H3,(H2,23,29)(H,25,28)(H,24,26,27). The molecule has 8 nitrogen and oxygen atoms in total. The van der Waals surface area contributed by atoms with Crippen LogP contribution in [0, 0.1) is 0 Å². The second-order valence-corrected chi connectivity index (χ2v) is 6.35. The highest BCUT2D eigenvalue weighted by atomic mass is 16.5. The SMILES string of the molecule is C=CC(=O)Nc1cccc(Cc2nc(Nc3cccc(OC)c3)ncc2C(N)=O)c1. The maximum atomic E-state index is 11.9. The van der Waals surface area contributed by atoms with Crippen molar-refractivity contribution >= 4 is 29.1 Å². The molecule has 0 unspecified atom stereocenters.